The lowest BCUT2D eigenvalue weighted by Gasteiger charge is -2.30. The number of carbonyl (C=O) groups is 1. The van der Waals surface area contributed by atoms with Crippen molar-refractivity contribution in [2.45, 2.75) is 38.7 Å². The molecule has 1 aliphatic rings. The molecule has 0 spiro atoms. The van der Waals surface area contributed by atoms with E-state index in [9.17, 15) is 9.90 Å². The average molecular weight is 251 g/mol. The first-order valence-corrected chi connectivity index (χ1v) is 6.51. The maximum absolute atomic E-state index is 12.0. The number of nitrogens with zero attached hydrogens (tertiary/aromatic N) is 3. The van der Waals surface area contributed by atoms with Crippen LogP contribution in [-0.2, 0) is 18.3 Å². The van der Waals surface area contributed by atoms with E-state index in [-0.39, 0.29) is 12.0 Å². The third-order valence-corrected chi connectivity index (χ3v) is 3.69. The monoisotopic (exact) mass is 251 g/mol. The number of piperidine rings is 1. The van der Waals surface area contributed by atoms with Crippen molar-refractivity contribution >= 4 is 5.91 Å². The fraction of sp³-hybridized carbons (Fsp3) is 0.692. The van der Waals surface area contributed by atoms with E-state index in [2.05, 4.69) is 5.10 Å². The SMILES string of the molecule is Cc1c(CCC(=O)N2CCCC(O)C2)cnn1C. The van der Waals surface area contributed by atoms with Gasteiger partial charge < -0.3 is 10.0 Å². The molecule has 5 heteroatoms. The number of β-amino-alcohol motifs (C(OH)–C–C–N with tert-alkyl or cyclic N) is 1. The summed E-state index contributed by atoms with van der Waals surface area (Å²) in [5.41, 5.74) is 2.24. The number of aliphatic hydroxyl groups is 1. The van der Waals surface area contributed by atoms with Gasteiger partial charge in [0.2, 0.25) is 5.91 Å². The Balaban J connectivity index is 1.86. The van der Waals surface area contributed by atoms with Crippen LogP contribution in [0.3, 0.4) is 0 Å². The minimum Gasteiger partial charge on any atom is -0.391 e. The van der Waals surface area contributed by atoms with E-state index in [1.54, 1.807) is 4.90 Å². The molecule has 2 heterocycles. The van der Waals surface area contributed by atoms with Gasteiger partial charge in [-0.1, -0.05) is 0 Å². The fourth-order valence-corrected chi connectivity index (χ4v) is 2.37. The number of aryl methyl sites for hydroxylation is 2. The predicted octanol–water partition coefficient (Wildman–Crippen LogP) is 0.644. The number of aliphatic hydroxyl groups excluding tert-OH is 1. The number of rotatable bonds is 3. The van der Waals surface area contributed by atoms with E-state index < -0.39 is 0 Å². The van der Waals surface area contributed by atoms with E-state index in [4.69, 9.17) is 0 Å². The van der Waals surface area contributed by atoms with Gasteiger partial charge in [0.05, 0.1) is 12.3 Å². The van der Waals surface area contributed by atoms with Gasteiger partial charge in [0, 0.05) is 32.3 Å². The van der Waals surface area contributed by atoms with Crippen molar-refractivity contribution in [2.75, 3.05) is 13.1 Å². The standard InChI is InChI=1S/C13H21N3O2/c1-10-11(8-14-15(10)2)5-6-13(18)16-7-3-4-12(17)9-16/h8,12,17H,3-7,9H2,1-2H3. The van der Waals surface area contributed by atoms with Crippen LogP contribution in [-0.4, -0.2) is 44.9 Å². The number of hydrogen-bond acceptors (Lipinski definition) is 3. The van der Waals surface area contributed by atoms with Crippen molar-refractivity contribution in [1.82, 2.24) is 14.7 Å². The smallest absolute Gasteiger partial charge is 0.222 e. The second kappa shape index (κ2) is 5.52. The Hall–Kier alpha value is -1.36. The Labute approximate surface area is 107 Å². The fourth-order valence-electron chi connectivity index (χ4n) is 2.37. The molecule has 100 valence electrons. The summed E-state index contributed by atoms with van der Waals surface area (Å²) in [5, 5.41) is 13.7. The number of likely N-dealkylation sites (tertiary alicyclic amines) is 1. The quantitative estimate of drug-likeness (QED) is 0.858. The van der Waals surface area contributed by atoms with E-state index in [0.717, 1.165) is 37.1 Å². The van der Waals surface area contributed by atoms with E-state index in [1.807, 2.05) is 24.9 Å². The maximum atomic E-state index is 12.0. The number of amides is 1. The molecular formula is C13H21N3O2. The normalized spacial score (nSPS) is 20.2. The Morgan fingerprint density at radius 1 is 1.61 bits per heavy atom. The number of aromatic nitrogens is 2. The Kier molecular flexibility index (Phi) is 4.01. The number of hydrogen-bond donors (Lipinski definition) is 1. The van der Waals surface area contributed by atoms with E-state index >= 15 is 0 Å². The minimum absolute atomic E-state index is 0.136. The van der Waals surface area contributed by atoms with Crippen LogP contribution < -0.4 is 0 Å². The first-order valence-electron chi connectivity index (χ1n) is 6.51. The molecule has 0 radical (unpaired) electrons. The van der Waals surface area contributed by atoms with Crippen LogP contribution in [0.15, 0.2) is 6.20 Å². The lowest BCUT2D eigenvalue weighted by atomic mass is 10.1. The van der Waals surface area contributed by atoms with Crippen LogP contribution >= 0.6 is 0 Å². The van der Waals surface area contributed by atoms with Gasteiger partial charge >= 0.3 is 0 Å². The van der Waals surface area contributed by atoms with Gasteiger partial charge in [0.1, 0.15) is 0 Å². The molecule has 1 amide bonds. The van der Waals surface area contributed by atoms with Crippen molar-refractivity contribution in [2.24, 2.45) is 7.05 Å². The third-order valence-electron chi connectivity index (χ3n) is 3.69. The first-order chi connectivity index (χ1) is 8.58. The van der Waals surface area contributed by atoms with Gasteiger partial charge in [0.25, 0.3) is 0 Å². The Morgan fingerprint density at radius 2 is 2.39 bits per heavy atom. The van der Waals surface area contributed by atoms with E-state index in [1.165, 1.54) is 0 Å². The van der Waals surface area contributed by atoms with Crippen molar-refractivity contribution in [1.29, 1.82) is 0 Å². The van der Waals surface area contributed by atoms with Crippen molar-refractivity contribution in [3.05, 3.63) is 17.5 Å². The largest absolute Gasteiger partial charge is 0.391 e. The zero-order valence-corrected chi connectivity index (χ0v) is 11.1. The second-order valence-electron chi connectivity index (χ2n) is 5.01. The van der Waals surface area contributed by atoms with E-state index in [0.29, 0.717) is 13.0 Å². The minimum atomic E-state index is -0.345. The molecule has 0 aromatic carbocycles. The molecule has 1 aromatic rings. The topological polar surface area (TPSA) is 58.4 Å². The molecule has 0 saturated carbocycles. The Bertz CT molecular complexity index is 428. The summed E-state index contributed by atoms with van der Waals surface area (Å²) in [4.78, 5) is 13.8. The van der Waals surface area contributed by atoms with Gasteiger partial charge in [-0.3, -0.25) is 9.48 Å². The highest BCUT2D eigenvalue weighted by Crippen LogP contribution is 2.13. The van der Waals surface area contributed by atoms with Crippen LogP contribution in [0.2, 0.25) is 0 Å². The van der Waals surface area contributed by atoms with Crippen LogP contribution in [0.25, 0.3) is 0 Å². The summed E-state index contributed by atoms with van der Waals surface area (Å²) in [6.45, 7) is 3.28. The summed E-state index contributed by atoms with van der Waals surface area (Å²) >= 11 is 0. The van der Waals surface area contributed by atoms with Crippen LogP contribution in [0.5, 0.6) is 0 Å². The van der Waals surface area contributed by atoms with Gasteiger partial charge in [-0.05, 0) is 31.7 Å². The summed E-state index contributed by atoms with van der Waals surface area (Å²) in [6.07, 6.45) is 4.42. The third kappa shape index (κ3) is 2.90. The van der Waals surface area contributed by atoms with Crippen molar-refractivity contribution in [3.63, 3.8) is 0 Å². The zero-order chi connectivity index (χ0) is 13.1. The summed E-state index contributed by atoms with van der Waals surface area (Å²) in [5.74, 6) is 0.136. The van der Waals surface area contributed by atoms with Crippen LogP contribution in [0.4, 0.5) is 0 Å². The van der Waals surface area contributed by atoms with Gasteiger partial charge in [-0.25, -0.2) is 0 Å². The van der Waals surface area contributed by atoms with Crippen LogP contribution in [0, 0.1) is 6.92 Å². The predicted molar refractivity (Wildman–Crippen MR) is 68.1 cm³/mol. The highest BCUT2D eigenvalue weighted by atomic mass is 16.3. The molecule has 1 N–H and O–H groups in total. The summed E-state index contributed by atoms with van der Waals surface area (Å²) < 4.78 is 1.82. The molecule has 1 aliphatic heterocycles. The lowest BCUT2D eigenvalue weighted by molar-refractivity contribution is -0.134. The second-order valence-corrected chi connectivity index (χ2v) is 5.01. The molecule has 1 fully saturated rings. The molecule has 0 aliphatic carbocycles. The molecule has 1 unspecified atom stereocenters. The molecule has 5 nitrogen and oxygen atoms in total. The summed E-state index contributed by atoms with van der Waals surface area (Å²) in [7, 11) is 1.90. The zero-order valence-electron chi connectivity index (χ0n) is 11.1. The first kappa shape index (κ1) is 13.1. The summed E-state index contributed by atoms with van der Waals surface area (Å²) in [6, 6.07) is 0. The highest BCUT2D eigenvalue weighted by molar-refractivity contribution is 5.76. The van der Waals surface area contributed by atoms with Crippen molar-refractivity contribution in [3.8, 4) is 0 Å². The van der Waals surface area contributed by atoms with Crippen molar-refractivity contribution < 1.29 is 9.90 Å². The highest BCUT2D eigenvalue weighted by Gasteiger charge is 2.21. The van der Waals surface area contributed by atoms with Gasteiger partial charge in [0.15, 0.2) is 0 Å². The number of carbonyl (C=O) groups excluding carboxylic acids is 1. The molecule has 18 heavy (non-hydrogen) atoms. The molecule has 0 bridgehead atoms. The molecular weight excluding hydrogens is 230 g/mol. The average Bonchev–Trinajstić information content (AvgIpc) is 2.67. The maximum Gasteiger partial charge on any atom is 0.222 e. The van der Waals surface area contributed by atoms with Crippen LogP contribution in [0.1, 0.15) is 30.5 Å². The molecule has 1 saturated heterocycles. The van der Waals surface area contributed by atoms with Gasteiger partial charge in [-0.15, -0.1) is 0 Å². The molecule has 1 atom stereocenters. The van der Waals surface area contributed by atoms with Gasteiger partial charge in [-0.2, -0.15) is 5.10 Å². The Morgan fingerprint density at radius 3 is 3.00 bits per heavy atom. The molecule has 2 rings (SSSR count). The molecule has 1 aromatic heterocycles. The lowest BCUT2D eigenvalue weighted by Crippen LogP contribution is -2.42.